The minimum absolute atomic E-state index is 0.222. The fraction of sp³-hybridized carbons (Fsp3) is 0.500. The molecule has 98 valence electrons. The van der Waals surface area contributed by atoms with Gasteiger partial charge in [-0.3, -0.25) is 0 Å². The molecule has 1 nitrogen and oxygen atoms in total. The lowest BCUT2D eigenvalue weighted by Gasteiger charge is -2.19. The maximum Gasteiger partial charge on any atom is 0.268 e. The van der Waals surface area contributed by atoms with Crippen molar-refractivity contribution in [1.29, 1.82) is 0 Å². The van der Waals surface area contributed by atoms with Crippen LogP contribution in [0.2, 0.25) is 0 Å². The monoisotopic (exact) mass is 263 g/mol. The predicted molar refractivity (Wildman–Crippen MR) is 81.9 cm³/mol. The van der Waals surface area contributed by atoms with Gasteiger partial charge in [-0.2, -0.15) is 0 Å². The van der Waals surface area contributed by atoms with Crippen molar-refractivity contribution in [2.24, 2.45) is 5.41 Å². The topological polar surface area (TPSA) is 2.70 Å². The first-order valence-corrected chi connectivity index (χ1v) is 8.04. The van der Waals surface area contributed by atoms with E-state index in [4.69, 9.17) is 0 Å². The van der Waals surface area contributed by atoms with Crippen molar-refractivity contribution in [2.75, 3.05) is 13.2 Å². The first-order chi connectivity index (χ1) is 8.50. The van der Waals surface area contributed by atoms with Gasteiger partial charge in [0.05, 0.1) is 10.6 Å². The van der Waals surface area contributed by atoms with E-state index in [1.165, 1.54) is 5.56 Å². The van der Waals surface area contributed by atoms with Crippen molar-refractivity contribution < 1.29 is 4.15 Å². The van der Waals surface area contributed by atoms with E-state index in [1.807, 2.05) is 0 Å². The summed E-state index contributed by atoms with van der Waals surface area (Å²) >= 11 is 0. The molecule has 0 aromatic heterocycles. The van der Waals surface area contributed by atoms with E-state index >= 15 is 0 Å². The third-order valence-corrected chi connectivity index (χ3v) is 6.26. The van der Waals surface area contributed by atoms with Crippen LogP contribution in [0.15, 0.2) is 35.6 Å². The molecule has 0 amide bonds. The Balaban J connectivity index is 2.33. The average molecular weight is 263 g/mol. The molecule has 1 aliphatic heterocycles. The van der Waals surface area contributed by atoms with E-state index in [0.29, 0.717) is 0 Å². The molecule has 1 aliphatic rings. The highest BCUT2D eigenvalue weighted by Gasteiger charge is 2.54. The highest BCUT2D eigenvalue weighted by Crippen LogP contribution is 2.81. The summed E-state index contributed by atoms with van der Waals surface area (Å²) in [5.41, 5.74) is 1.69. The molecule has 18 heavy (non-hydrogen) atoms. The van der Waals surface area contributed by atoms with Gasteiger partial charge in [-0.25, -0.2) is 0 Å². The molecule has 1 heterocycles. The number of rotatable bonds is 4. The lowest BCUT2D eigenvalue weighted by Crippen LogP contribution is -2.07. The van der Waals surface area contributed by atoms with Crippen LogP contribution in [0.3, 0.4) is 0 Å². The molecule has 0 saturated carbocycles. The first-order valence-electron chi connectivity index (χ1n) is 6.78. The lowest BCUT2D eigenvalue weighted by atomic mass is 9.95. The Hall–Kier alpha value is -0.650. The lowest BCUT2D eigenvalue weighted by molar-refractivity contribution is 0.0548. The Morgan fingerprint density at radius 2 is 1.56 bits per heavy atom. The van der Waals surface area contributed by atoms with Crippen molar-refractivity contribution in [3.63, 3.8) is 0 Å². The number of benzene rings is 1. The third kappa shape index (κ3) is 2.53. The van der Waals surface area contributed by atoms with Gasteiger partial charge in [-0.05, 0) is 11.0 Å². The summed E-state index contributed by atoms with van der Waals surface area (Å²) in [6.45, 7) is 13.6. The predicted octanol–water partition coefficient (Wildman–Crippen LogP) is 5.40. The number of hydrogen-bond donors (Lipinski definition) is 0. The maximum atomic E-state index is 3.49. The fourth-order valence-electron chi connectivity index (χ4n) is 2.38. The fourth-order valence-corrected chi connectivity index (χ4v) is 5.29. The molecule has 0 saturated heterocycles. The van der Waals surface area contributed by atoms with Crippen LogP contribution in [0.5, 0.6) is 0 Å². The van der Waals surface area contributed by atoms with Crippen molar-refractivity contribution in [3.8, 4) is 0 Å². The van der Waals surface area contributed by atoms with Crippen LogP contribution in [-0.4, -0.2) is 13.2 Å². The molecule has 1 unspecified atom stereocenters. The van der Waals surface area contributed by atoms with Crippen LogP contribution in [0.25, 0.3) is 5.31 Å². The van der Waals surface area contributed by atoms with Crippen LogP contribution < -0.4 is 0 Å². The molecule has 1 atom stereocenters. The van der Waals surface area contributed by atoms with Crippen molar-refractivity contribution >= 4 is 13.5 Å². The largest absolute Gasteiger partial charge is 0.406 e. The van der Waals surface area contributed by atoms with E-state index in [0.717, 1.165) is 13.2 Å². The van der Waals surface area contributed by atoms with Gasteiger partial charge >= 0.3 is 0 Å². The van der Waals surface area contributed by atoms with Crippen LogP contribution in [0.4, 0.5) is 0 Å². The highest BCUT2D eigenvalue weighted by molar-refractivity contribution is 7.77. The van der Waals surface area contributed by atoms with E-state index in [2.05, 4.69) is 69.1 Å². The van der Waals surface area contributed by atoms with Gasteiger partial charge < -0.3 is 4.15 Å². The SMILES string of the molecule is CC[O+](CC)P1C(c2ccccc2)=C1C(C)(C)C. The third-order valence-electron chi connectivity index (χ3n) is 3.26. The number of hydrogen-bond acceptors (Lipinski definition) is 0. The standard InChI is InChI=1S/C16H24OP/c1-6-17(7-2)18-14(15(18)16(3,4)5)13-11-9-8-10-12-13/h8-12H,6-7H2,1-5H3/q+1. The van der Waals surface area contributed by atoms with Crippen molar-refractivity contribution in [2.45, 2.75) is 34.6 Å². The maximum absolute atomic E-state index is 3.49. The highest BCUT2D eigenvalue weighted by atomic mass is 31.1. The summed E-state index contributed by atoms with van der Waals surface area (Å²) in [4.78, 5) is 0. The molecule has 0 aliphatic carbocycles. The van der Waals surface area contributed by atoms with E-state index in [9.17, 15) is 0 Å². The van der Waals surface area contributed by atoms with Gasteiger partial charge in [0.1, 0.15) is 13.2 Å². The molecule has 0 fully saturated rings. The summed E-state index contributed by atoms with van der Waals surface area (Å²) in [5, 5.41) is 3.24. The zero-order valence-electron chi connectivity index (χ0n) is 12.2. The van der Waals surface area contributed by atoms with E-state index < -0.39 is 0 Å². The smallest absolute Gasteiger partial charge is 0.268 e. The zero-order chi connectivity index (χ0) is 13.3. The van der Waals surface area contributed by atoms with E-state index in [-0.39, 0.29) is 13.6 Å². The Morgan fingerprint density at radius 1 is 1.00 bits per heavy atom. The summed E-state index contributed by atoms with van der Waals surface area (Å²) in [7, 11) is -0.222. The minimum Gasteiger partial charge on any atom is -0.406 e. The molecule has 2 heteroatoms. The molecule has 2 rings (SSSR count). The Morgan fingerprint density at radius 3 is 2.00 bits per heavy atom. The molecule has 1 aromatic carbocycles. The molecule has 0 spiro atoms. The van der Waals surface area contributed by atoms with Gasteiger partial charge in [0.25, 0.3) is 8.15 Å². The summed E-state index contributed by atoms with van der Waals surface area (Å²) in [6, 6.07) is 10.9. The van der Waals surface area contributed by atoms with Crippen LogP contribution >= 0.6 is 8.15 Å². The Labute approximate surface area is 112 Å². The molecule has 0 bridgehead atoms. The van der Waals surface area contributed by atoms with Crippen molar-refractivity contribution in [3.05, 3.63) is 41.2 Å². The van der Waals surface area contributed by atoms with Crippen LogP contribution in [0, 0.1) is 5.41 Å². The summed E-state index contributed by atoms with van der Waals surface area (Å²) < 4.78 is 3.49. The second kappa shape index (κ2) is 5.15. The zero-order valence-corrected chi connectivity index (χ0v) is 13.1. The molecule has 1 aromatic rings. The summed E-state index contributed by atoms with van der Waals surface area (Å²) in [5.74, 6) is 0. The van der Waals surface area contributed by atoms with Gasteiger partial charge in [0.2, 0.25) is 0 Å². The molecule has 0 radical (unpaired) electrons. The van der Waals surface area contributed by atoms with Crippen molar-refractivity contribution in [1.82, 2.24) is 0 Å². The quantitative estimate of drug-likeness (QED) is 0.505. The first kappa shape index (κ1) is 13.8. The second-order valence-electron chi connectivity index (χ2n) is 5.65. The minimum atomic E-state index is -0.222. The molecular weight excluding hydrogens is 239 g/mol. The van der Waals surface area contributed by atoms with Gasteiger partial charge in [-0.15, -0.1) is 0 Å². The van der Waals surface area contributed by atoms with Gasteiger partial charge in [0, 0.05) is 13.8 Å². The second-order valence-corrected chi connectivity index (χ2v) is 7.65. The summed E-state index contributed by atoms with van der Waals surface area (Å²) in [6.07, 6.45) is 0. The normalized spacial score (nSPS) is 19.6. The van der Waals surface area contributed by atoms with Crippen LogP contribution in [0.1, 0.15) is 40.2 Å². The Bertz CT molecular complexity index is 438. The van der Waals surface area contributed by atoms with Gasteiger partial charge in [-0.1, -0.05) is 51.1 Å². The molecule has 0 N–H and O–H groups in total. The number of allylic oxidation sites excluding steroid dienone is 1. The van der Waals surface area contributed by atoms with Crippen LogP contribution in [-0.2, 0) is 4.15 Å². The van der Waals surface area contributed by atoms with Gasteiger partial charge in [0.15, 0.2) is 0 Å². The Kier molecular flexibility index (Phi) is 3.94. The molecular formula is C16H24OP+. The average Bonchev–Trinajstić information content (AvgIpc) is 3.07. The van der Waals surface area contributed by atoms with E-state index in [1.54, 1.807) is 10.6 Å².